The molecule has 8 nitrogen and oxygen atoms in total. The Balaban J connectivity index is 1.33. The van der Waals surface area contributed by atoms with Crippen molar-refractivity contribution >= 4 is 11.0 Å². The summed E-state index contributed by atoms with van der Waals surface area (Å²) in [5, 5.41) is 7.71. The molecule has 2 aromatic heterocycles. The Bertz CT molecular complexity index is 1110. The lowest BCUT2D eigenvalue weighted by Crippen LogP contribution is -2.47. The highest BCUT2D eigenvalue weighted by atomic mass is 19.1. The number of hydrogen-bond acceptors (Lipinski definition) is 6. The summed E-state index contributed by atoms with van der Waals surface area (Å²) in [5.41, 5.74) is 0.786. The van der Waals surface area contributed by atoms with Gasteiger partial charge in [0.25, 0.3) is 5.95 Å². The predicted octanol–water partition coefficient (Wildman–Crippen LogP) is 2.59. The minimum absolute atomic E-state index is 0.158. The highest BCUT2D eigenvalue weighted by molar-refractivity contribution is 5.77. The van der Waals surface area contributed by atoms with Crippen LogP contribution in [-0.4, -0.2) is 44.6 Å². The van der Waals surface area contributed by atoms with Gasteiger partial charge in [-0.1, -0.05) is 0 Å². The van der Waals surface area contributed by atoms with Crippen LogP contribution in [0.4, 0.5) is 4.39 Å². The molecule has 1 saturated heterocycles. The van der Waals surface area contributed by atoms with E-state index < -0.39 is 5.82 Å². The van der Waals surface area contributed by atoms with Gasteiger partial charge in [0, 0.05) is 37.2 Å². The van der Waals surface area contributed by atoms with Crippen LogP contribution in [0.25, 0.3) is 17.0 Å². The molecule has 0 amide bonds. The fourth-order valence-corrected chi connectivity index (χ4v) is 4.62. The van der Waals surface area contributed by atoms with Gasteiger partial charge < -0.3 is 14.6 Å². The summed E-state index contributed by atoms with van der Waals surface area (Å²) in [7, 11) is 0. The lowest BCUT2D eigenvalue weighted by Gasteiger charge is -2.36. The van der Waals surface area contributed by atoms with Crippen LogP contribution in [0.3, 0.4) is 0 Å². The van der Waals surface area contributed by atoms with Gasteiger partial charge in [0.05, 0.1) is 17.6 Å². The van der Waals surface area contributed by atoms with Crippen molar-refractivity contribution in [2.45, 2.75) is 57.7 Å². The first-order chi connectivity index (χ1) is 14.5. The lowest BCUT2D eigenvalue weighted by atomic mass is 9.79. The number of rotatable bonds is 6. The van der Waals surface area contributed by atoms with E-state index in [9.17, 15) is 9.18 Å². The molecule has 1 aliphatic heterocycles. The van der Waals surface area contributed by atoms with E-state index in [1.54, 1.807) is 10.6 Å². The minimum atomic E-state index is -0.414. The quantitative estimate of drug-likeness (QED) is 0.666. The number of ether oxygens (including phenoxy) is 1. The van der Waals surface area contributed by atoms with Crippen LogP contribution in [0.15, 0.2) is 27.5 Å². The summed E-state index contributed by atoms with van der Waals surface area (Å²) in [5.74, 6) is 1.01. The van der Waals surface area contributed by atoms with Crippen molar-refractivity contribution in [2.24, 2.45) is 5.92 Å². The van der Waals surface area contributed by atoms with Crippen LogP contribution in [0.1, 0.15) is 44.9 Å². The first-order valence-corrected chi connectivity index (χ1v) is 10.6. The summed E-state index contributed by atoms with van der Waals surface area (Å²) >= 11 is 0. The van der Waals surface area contributed by atoms with Gasteiger partial charge in [0.2, 0.25) is 5.89 Å². The number of hydrogen-bond donors (Lipinski definition) is 1. The van der Waals surface area contributed by atoms with E-state index in [-0.39, 0.29) is 17.6 Å². The van der Waals surface area contributed by atoms with E-state index in [0.29, 0.717) is 41.5 Å². The number of aryl methyl sites for hydroxylation is 1. The second-order valence-electron chi connectivity index (χ2n) is 8.37. The van der Waals surface area contributed by atoms with Crippen molar-refractivity contribution in [3.8, 4) is 5.95 Å². The van der Waals surface area contributed by atoms with Gasteiger partial charge in [-0.3, -0.25) is 4.57 Å². The van der Waals surface area contributed by atoms with Crippen LogP contribution in [0.5, 0.6) is 0 Å². The minimum Gasteiger partial charge on any atom is -0.381 e. The summed E-state index contributed by atoms with van der Waals surface area (Å²) in [6, 6.07) is 5.12. The summed E-state index contributed by atoms with van der Waals surface area (Å²) in [6.45, 7) is 6.24. The maximum atomic E-state index is 13.8. The first-order valence-electron chi connectivity index (χ1n) is 10.6. The normalized spacial score (nSPS) is 25.0. The first kappa shape index (κ1) is 19.4. The van der Waals surface area contributed by atoms with Gasteiger partial charge in [0.1, 0.15) is 5.82 Å². The fourth-order valence-electron chi connectivity index (χ4n) is 4.62. The topological polar surface area (TPSA) is 87.1 Å². The van der Waals surface area contributed by atoms with Crippen LogP contribution < -0.4 is 11.0 Å². The Hall–Kier alpha value is -2.52. The van der Waals surface area contributed by atoms with Gasteiger partial charge in [-0.2, -0.15) is 4.98 Å². The Morgan fingerprint density at radius 3 is 2.90 bits per heavy atom. The van der Waals surface area contributed by atoms with Crippen LogP contribution >= 0.6 is 0 Å². The third kappa shape index (κ3) is 3.26. The molecule has 3 heterocycles. The zero-order valence-corrected chi connectivity index (χ0v) is 17.2. The van der Waals surface area contributed by atoms with Gasteiger partial charge in [-0.05, 0) is 56.3 Å². The predicted molar refractivity (Wildman–Crippen MR) is 108 cm³/mol. The Morgan fingerprint density at radius 1 is 1.33 bits per heavy atom. The molecule has 0 spiro atoms. The number of benzene rings is 1. The second-order valence-corrected chi connectivity index (χ2v) is 8.37. The monoisotopic (exact) mass is 415 g/mol. The van der Waals surface area contributed by atoms with E-state index in [0.717, 1.165) is 32.5 Å². The van der Waals surface area contributed by atoms with Crippen molar-refractivity contribution in [3.63, 3.8) is 0 Å². The lowest BCUT2D eigenvalue weighted by molar-refractivity contribution is 0.165. The number of nitrogens with zero attached hydrogens (tertiary/aromatic N) is 4. The van der Waals surface area contributed by atoms with E-state index >= 15 is 0 Å². The molecule has 1 N–H and O–H groups in total. The van der Waals surface area contributed by atoms with Crippen LogP contribution in [0.2, 0.25) is 0 Å². The molecule has 1 aromatic carbocycles. The fraction of sp³-hybridized carbons (Fsp3) is 0.571. The van der Waals surface area contributed by atoms with Crippen molar-refractivity contribution in [1.82, 2.24) is 24.6 Å². The number of nitrogens with one attached hydrogen (secondary N) is 1. The van der Waals surface area contributed by atoms with Gasteiger partial charge >= 0.3 is 5.69 Å². The highest BCUT2D eigenvalue weighted by Crippen LogP contribution is 2.37. The number of fused-ring (bicyclic) bond motifs is 1. The number of aromatic nitrogens is 4. The number of imidazole rings is 1. The van der Waals surface area contributed by atoms with E-state index in [1.807, 2.05) is 6.92 Å². The largest absolute Gasteiger partial charge is 0.381 e. The molecule has 160 valence electrons. The molecular formula is C21H26FN5O3. The maximum absolute atomic E-state index is 13.8. The standard InChI is InChI=1S/C21H26FN5O3/c1-3-26-17-5-4-15(22)10-18(17)27(21(26)28)20-24-19(30-25-20)14-8-16(9-14)23-12(2)13-6-7-29-11-13/h4-5,10,12-14,16,23H,3,6-9,11H2,1-2H3. The molecule has 0 bridgehead atoms. The second kappa shape index (κ2) is 7.63. The summed E-state index contributed by atoms with van der Waals surface area (Å²) < 4.78 is 27.7. The van der Waals surface area contributed by atoms with Crippen molar-refractivity contribution < 1.29 is 13.7 Å². The molecule has 1 aliphatic carbocycles. The van der Waals surface area contributed by atoms with Crippen LogP contribution in [0, 0.1) is 11.7 Å². The number of halogens is 1. The molecular weight excluding hydrogens is 389 g/mol. The Labute approximate surface area is 173 Å². The smallest absolute Gasteiger partial charge is 0.336 e. The zero-order valence-electron chi connectivity index (χ0n) is 17.2. The third-order valence-electron chi connectivity index (χ3n) is 6.50. The van der Waals surface area contributed by atoms with Gasteiger partial charge in [-0.15, -0.1) is 0 Å². The maximum Gasteiger partial charge on any atom is 0.336 e. The van der Waals surface area contributed by atoms with Crippen molar-refractivity contribution in [2.75, 3.05) is 13.2 Å². The summed E-state index contributed by atoms with van der Waals surface area (Å²) in [6.07, 6.45) is 2.94. The average Bonchev–Trinajstić information content (AvgIpc) is 3.42. The van der Waals surface area contributed by atoms with Crippen molar-refractivity contribution in [3.05, 3.63) is 40.4 Å². The van der Waals surface area contributed by atoms with Crippen molar-refractivity contribution in [1.29, 1.82) is 0 Å². The summed E-state index contributed by atoms with van der Waals surface area (Å²) in [4.78, 5) is 17.3. The van der Waals surface area contributed by atoms with E-state index in [4.69, 9.17) is 9.26 Å². The molecule has 2 aliphatic rings. The molecule has 0 radical (unpaired) electrons. The third-order valence-corrected chi connectivity index (χ3v) is 6.50. The van der Waals surface area contributed by atoms with E-state index in [1.165, 1.54) is 16.7 Å². The highest BCUT2D eigenvalue weighted by Gasteiger charge is 2.36. The Kier molecular flexibility index (Phi) is 4.94. The molecule has 2 fully saturated rings. The molecule has 1 saturated carbocycles. The van der Waals surface area contributed by atoms with Gasteiger partial charge in [0.15, 0.2) is 0 Å². The van der Waals surface area contributed by atoms with E-state index in [2.05, 4.69) is 22.4 Å². The molecule has 30 heavy (non-hydrogen) atoms. The zero-order chi connectivity index (χ0) is 20.8. The average molecular weight is 415 g/mol. The van der Waals surface area contributed by atoms with Gasteiger partial charge in [-0.25, -0.2) is 13.8 Å². The molecule has 2 atom stereocenters. The SMILES string of the molecule is CCn1c(=O)n(-c2noc(C3CC(NC(C)C4CCOC4)C3)n2)c2cc(F)ccc21. The molecule has 9 heteroatoms. The molecule has 3 aromatic rings. The Morgan fingerprint density at radius 2 is 2.17 bits per heavy atom. The molecule has 5 rings (SSSR count). The molecule has 2 unspecified atom stereocenters. The van der Waals surface area contributed by atoms with Crippen LogP contribution in [-0.2, 0) is 11.3 Å².